The highest BCUT2D eigenvalue weighted by Gasteiger charge is 2.43. The minimum Gasteiger partial charge on any atom is -0.393 e. The fourth-order valence-corrected chi connectivity index (χ4v) is 3.46. The molecule has 1 saturated carbocycles. The molecule has 0 amide bonds. The molecule has 0 aromatic rings. The second-order valence-electron chi connectivity index (χ2n) is 6.27. The zero-order chi connectivity index (χ0) is 11.9. The van der Waals surface area contributed by atoms with Gasteiger partial charge >= 0.3 is 0 Å². The lowest BCUT2D eigenvalue weighted by molar-refractivity contribution is 0.0415. The smallest absolute Gasteiger partial charge is 0.0582 e. The molecule has 0 bridgehead atoms. The summed E-state index contributed by atoms with van der Waals surface area (Å²) in [6, 6.07) is 0. The fourth-order valence-electron chi connectivity index (χ4n) is 3.46. The van der Waals surface area contributed by atoms with Gasteiger partial charge in [-0.05, 0) is 42.9 Å². The van der Waals surface area contributed by atoms with E-state index in [0.717, 1.165) is 19.3 Å². The van der Waals surface area contributed by atoms with Crippen molar-refractivity contribution >= 4 is 0 Å². The highest BCUT2D eigenvalue weighted by Crippen LogP contribution is 2.52. The number of fused-ring (bicyclic) bond motifs is 1. The summed E-state index contributed by atoms with van der Waals surface area (Å²) in [5, 5.41) is 9.88. The molecular formula is C15H24O. The van der Waals surface area contributed by atoms with Crippen LogP contribution in [0.5, 0.6) is 0 Å². The molecule has 1 nitrogen and oxygen atoms in total. The molecular weight excluding hydrogens is 196 g/mol. The molecule has 0 saturated heterocycles. The zero-order valence-electron chi connectivity index (χ0n) is 10.8. The second kappa shape index (κ2) is 4.03. The molecule has 16 heavy (non-hydrogen) atoms. The highest BCUT2D eigenvalue weighted by atomic mass is 16.3. The van der Waals surface area contributed by atoms with Crippen LogP contribution < -0.4 is 0 Å². The summed E-state index contributed by atoms with van der Waals surface area (Å²) >= 11 is 0. The summed E-state index contributed by atoms with van der Waals surface area (Å²) in [5.41, 5.74) is 3.11. The van der Waals surface area contributed by atoms with Crippen LogP contribution in [0.1, 0.15) is 46.5 Å². The van der Waals surface area contributed by atoms with E-state index in [2.05, 4.69) is 33.4 Å². The van der Waals surface area contributed by atoms with Crippen molar-refractivity contribution in [3.8, 4) is 0 Å². The van der Waals surface area contributed by atoms with Crippen molar-refractivity contribution in [3.05, 3.63) is 23.8 Å². The Balaban J connectivity index is 2.24. The SMILES string of the molecule is C=C1C[C@H](O)C[C@@]2(C)CC=C(C(C)C)C[C@H]12. The largest absolute Gasteiger partial charge is 0.393 e. The second-order valence-corrected chi connectivity index (χ2v) is 6.27. The molecule has 0 aromatic heterocycles. The first-order valence-corrected chi connectivity index (χ1v) is 6.47. The minimum atomic E-state index is -0.164. The third kappa shape index (κ3) is 1.98. The summed E-state index contributed by atoms with van der Waals surface area (Å²) < 4.78 is 0. The molecule has 3 atom stereocenters. The van der Waals surface area contributed by atoms with Crippen molar-refractivity contribution in [1.82, 2.24) is 0 Å². The van der Waals surface area contributed by atoms with Gasteiger partial charge < -0.3 is 5.11 Å². The van der Waals surface area contributed by atoms with Crippen molar-refractivity contribution in [3.63, 3.8) is 0 Å². The molecule has 1 heteroatoms. The van der Waals surface area contributed by atoms with Gasteiger partial charge in [0.05, 0.1) is 6.10 Å². The van der Waals surface area contributed by atoms with Gasteiger partial charge in [-0.25, -0.2) is 0 Å². The predicted molar refractivity (Wildman–Crippen MR) is 68.1 cm³/mol. The van der Waals surface area contributed by atoms with E-state index in [-0.39, 0.29) is 11.5 Å². The van der Waals surface area contributed by atoms with E-state index in [1.807, 2.05) is 0 Å². The van der Waals surface area contributed by atoms with Gasteiger partial charge in [0, 0.05) is 0 Å². The van der Waals surface area contributed by atoms with Crippen molar-refractivity contribution < 1.29 is 5.11 Å². The summed E-state index contributed by atoms with van der Waals surface area (Å²) in [5.74, 6) is 1.25. The van der Waals surface area contributed by atoms with E-state index >= 15 is 0 Å². The molecule has 0 unspecified atom stereocenters. The molecule has 0 radical (unpaired) electrons. The van der Waals surface area contributed by atoms with Crippen LogP contribution in [-0.4, -0.2) is 11.2 Å². The van der Waals surface area contributed by atoms with Crippen molar-refractivity contribution in [2.45, 2.75) is 52.6 Å². The number of hydrogen-bond donors (Lipinski definition) is 1. The summed E-state index contributed by atoms with van der Waals surface area (Å²) in [7, 11) is 0. The lowest BCUT2D eigenvalue weighted by Gasteiger charge is -2.47. The average Bonchev–Trinajstić information content (AvgIpc) is 2.15. The fraction of sp³-hybridized carbons (Fsp3) is 0.733. The molecule has 90 valence electrons. The maximum absolute atomic E-state index is 9.88. The van der Waals surface area contributed by atoms with E-state index in [4.69, 9.17) is 0 Å². The average molecular weight is 220 g/mol. The Morgan fingerprint density at radius 1 is 1.44 bits per heavy atom. The third-order valence-corrected chi connectivity index (χ3v) is 4.55. The van der Waals surface area contributed by atoms with Crippen LogP contribution in [0.2, 0.25) is 0 Å². The quantitative estimate of drug-likeness (QED) is 0.668. The van der Waals surface area contributed by atoms with E-state index in [9.17, 15) is 5.11 Å². The first-order chi connectivity index (χ1) is 7.42. The summed E-state index contributed by atoms with van der Waals surface area (Å²) in [4.78, 5) is 0. The Kier molecular flexibility index (Phi) is 3.00. The van der Waals surface area contributed by atoms with Crippen LogP contribution in [0.25, 0.3) is 0 Å². The topological polar surface area (TPSA) is 20.2 Å². The van der Waals surface area contributed by atoms with E-state index in [1.54, 1.807) is 5.57 Å². The Bertz CT molecular complexity index is 326. The highest BCUT2D eigenvalue weighted by molar-refractivity contribution is 5.23. The van der Waals surface area contributed by atoms with E-state index < -0.39 is 0 Å². The van der Waals surface area contributed by atoms with E-state index in [1.165, 1.54) is 12.0 Å². The summed E-state index contributed by atoms with van der Waals surface area (Å²) in [6.07, 6.45) is 6.28. The molecule has 0 heterocycles. The van der Waals surface area contributed by atoms with Gasteiger partial charge in [0.15, 0.2) is 0 Å². The molecule has 0 aliphatic heterocycles. The summed E-state index contributed by atoms with van der Waals surface area (Å²) in [6.45, 7) is 11.1. The van der Waals surface area contributed by atoms with Crippen molar-refractivity contribution in [1.29, 1.82) is 0 Å². The van der Waals surface area contributed by atoms with Crippen LogP contribution in [0.15, 0.2) is 23.8 Å². The van der Waals surface area contributed by atoms with Crippen LogP contribution in [0, 0.1) is 17.3 Å². The monoisotopic (exact) mass is 220 g/mol. The van der Waals surface area contributed by atoms with Crippen LogP contribution in [0.3, 0.4) is 0 Å². The van der Waals surface area contributed by atoms with Crippen LogP contribution in [-0.2, 0) is 0 Å². The van der Waals surface area contributed by atoms with Crippen molar-refractivity contribution in [2.24, 2.45) is 17.3 Å². The normalized spacial score (nSPS) is 39.6. The number of aliphatic hydroxyl groups is 1. The van der Waals surface area contributed by atoms with Gasteiger partial charge in [-0.3, -0.25) is 0 Å². The van der Waals surface area contributed by atoms with Crippen LogP contribution in [0.4, 0.5) is 0 Å². The molecule has 2 rings (SSSR count). The molecule has 0 aromatic carbocycles. The Morgan fingerprint density at radius 2 is 2.12 bits per heavy atom. The van der Waals surface area contributed by atoms with E-state index in [0.29, 0.717) is 11.8 Å². The van der Waals surface area contributed by atoms with Gasteiger partial charge in [0.1, 0.15) is 0 Å². The Hall–Kier alpha value is -0.560. The van der Waals surface area contributed by atoms with Gasteiger partial charge in [0.25, 0.3) is 0 Å². The van der Waals surface area contributed by atoms with Gasteiger partial charge in [-0.1, -0.05) is 44.6 Å². The molecule has 2 aliphatic carbocycles. The first kappa shape index (κ1) is 11.9. The van der Waals surface area contributed by atoms with Crippen molar-refractivity contribution in [2.75, 3.05) is 0 Å². The molecule has 0 spiro atoms. The number of rotatable bonds is 1. The maximum Gasteiger partial charge on any atom is 0.0582 e. The van der Waals surface area contributed by atoms with Gasteiger partial charge in [0.2, 0.25) is 0 Å². The molecule has 1 fully saturated rings. The number of aliphatic hydroxyl groups excluding tert-OH is 1. The van der Waals surface area contributed by atoms with Crippen LogP contribution >= 0.6 is 0 Å². The minimum absolute atomic E-state index is 0.164. The lowest BCUT2D eigenvalue weighted by Crippen LogP contribution is -2.40. The lowest BCUT2D eigenvalue weighted by atomic mass is 9.58. The Labute approximate surface area is 99.3 Å². The number of allylic oxidation sites excluding steroid dienone is 2. The third-order valence-electron chi connectivity index (χ3n) is 4.55. The molecule has 2 aliphatic rings. The maximum atomic E-state index is 9.88. The number of hydrogen-bond acceptors (Lipinski definition) is 1. The molecule has 1 N–H and O–H groups in total. The van der Waals surface area contributed by atoms with Gasteiger partial charge in [-0.15, -0.1) is 0 Å². The standard InChI is InChI=1S/C15H24O/c1-10(2)12-5-6-15(4)9-13(16)7-11(3)14(15)8-12/h5,10,13-14,16H,3,6-9H2,1-2,4H3/t13-,14+,15+/m0/s1. The Morgan fingerprint density at radius 3 is 2.75 bits per heavy atom. The first-order valence-electron chi connectivity index (χ1n) is 6.47. The predicted octanol–water partition coefficient (Wildman–Crippen LogP) is 3.70. The zero-order valence-corrected chi connectivity index (χ0v) is 10.8. The van der Waals surface area contributed by atoms with Gasteiger partial charge in [-0.2, -0.15) is 0 Å².